The van der Waals surface area contributed by atoms with E-state index in [1.165, 1.54) is 18.6 Å². The fraction of sp³-hybridized carbons (Fsp3) is 0.688. The Kier molecular flexibility index (Phi) is 6.05. The first kappa shape index (κ1) is 16.9. The fourth-order valence-corrected chi connectivity index (χ4v) is 6.21. The molecule has 1 aliphatic heterocycles. The van der Waals surface area contributed by atoms with Crippen molar-refractivity contribution < 1.29 is 4.79 Å². The molecule has 1 aromatic heterocycles. The molecule has 2 aliphatic rings. The topological polar surface area (TPSA) is 74.8 Å². The van der Waals surface area contributed by atoms with Crippen molar-refractivity contribution in [3.05, 3.63) is 27.7 Å². The molecule has 1 saturated heterocycles. The Morgan fingerprint density at radius 2 is 2.30 bits per heavy atom. The van der Waals surface area contributed by atoms with Gasteiger partial charge in [0, 0.05) is 29.5 Å². The average Bonchev–Trinajstić information content (AvgIpc) is 3.04. The fourth-order valence-electron chi connectivity index (χ4n) is 3.18. The molecular weight excluding hydrogens is 330 g/mol. The van der Waals surface area contributed by atoms with Crippen LogP contribution in [0.2, 0.25) is 0 Å². The minimum atomic E-state index is -0.168. The molecule has 2 N–H and O–H groups in total. The summed E-state index contributed by atoms with van der Waals surface area (Å²) in [6, 6.07) is 1.75. The van der Waals surface area contributed by atoms with E-state index < -0.39 is 0 Å². The van der Waals surface area contributed by atoms with Crippen LogP contribution in [-0.4, -0.2) is 33.1 Å². The van der Waals surface area contributed by atoms with Crippen LogP contribution in [0.3, 0.4) is 0 Å². The minimum Gasteiger partial charge on any atom is -0.353 e. The van der Waals surface area contributed by atoms with E-state index in [-0.39, 0.29) is 17.5 Å². The lowest BCUT2D eigenvalue weighted by atomic mass is 9.92. The van der Waals surface area contributed by atoms with E-state index in [0.29, 0.717) is 12.8 Å². The Morgan fingerprint density at radius 3 is 3.13 bits per heavy atom. The lowest BCUT2D eigenvalue weighted by Crippen LogP contribution is -2.39. The quantitative estimate of drug-likeness (QED) is 0.607. The van der Waals surface area contributed by atoms with Crippen molar-refractivity contribution >= 4 is 27.5 Å². The van der Waals surface area contributed by atoms with Crippen LogP contribution in [-0.2, 0) is 17.6 Å². The van der Waals surface area contributed by atoms with Crippen LogP contribution in [0.1, 0.15) is 49.8 Å². The van der Waals surface area contributed by atoms with E-state index in [9.17, 15) is 9.59 Å². The monoisotopic (exact) mass is 353 g/mol. The number of carbonyl (C=O) groups excluding carboxylic acids is 1. The van der Waals surface area contributed by atoms with Gasteiger partial charge in [-0.1, -0.05) is 28.0 Å². The van der Waals surface area contributed by atoms with Crippen LogP contribution in [0, 0.1) is 0 Å². The van der Waals surface area contributed by atoms with Gasteiger partial charge in [0.05, 0.1) is 5.69 Å². The molecular formula is C16H23N3O2S2. The zero-order valence-electron chi connectivity index (χ0n) is 13.2. The van der Waals surface area contributed by atoms with E-state index in [4.69, 9.17) is 0 Å². The van der Waals surface area contributed by atoms with Crippen LogP contribution < -0.4 is 10.9 Å². The highest BCUT2D eigenvalue weighted by molar-refractivity contribution is 8.77. The first-order chi connectivity index (χ1) is 11.2. The van der Waals surface area contributed by atoms with Crippen molar-refractivity contribution in [2.45, 2.75) is 62.7 Å². The SMILES string of the molecule is O=C(CCCC[C@H]1CCSS1)N[C@@H]1CCc2n[nH]c(=O)cc2C1. The van der Waals surface area contributed by atoms with Gasteiger partial charge in [0.25, 0.3) is 5.56 Å². The Hall–Kier alpha value is -0.950. The van der Waals surface area contributed by atoms with E-state index in [1.807, 2.05) is 21.6 Å². The summed E-state index contributed by atoms with van der Waals surface area (Å²) in [4.78, 5) is 23.4. The van der Waals surface area contributed by atoms with Gasteiger partial charge in [-0.05, 0) is 44.1 Å². The maximum absolute atomic E-state index is 12.1. The van der Waals surface area contributed by atoms with Crippen molar-refractivity contribution in [1.82, 2.24) is 15.5 Å². The lowest BCUT2D eigenvalue weighted by Gasteiger charge is -2.24. The first-order valence-corrected chi connectivity index (χ1v) is 10.7. The summed E-state index contributed by atoms with van der Waals surface area (Å²) in [5.74, 6) is 1.42. The number of H-pyrrole nitrogens is 1. The molecule has 1 aliphatic carbocycles. The van der Waals surface area contributed by atoms with E-state index in [2.05, 4.69) is 15.5 Å². The third-order valence-corrected chi connectivity index (χ3v) is 7.45. The highest BCUT2D eigenvalue weighted by Gasteiger charge is 2.21. The van der Waals surface area contributed by atoms with Gasteiger partial charge >= 0.3 is 0 Å². The van der Waals surface area contributed by atoms with Crippen LogP contribution in [0.25, 0.3) is 0 Å². The van der Waals surface area contributed by atoms with Gasteiger partial charge in [-0.15, -0.1) is 0 Å². The van der Waals surface area contributed by atoms with E-state index >= 15 is 0 Å². The molecule has 3 rings (SSSR count). The predicted molar refractivity (Wildman–Crippen MR) is 95.7 cm³/mol. The third-order valence-electron chi connectivity index (χ3n) is 4.45. The zero-order valence-corrected chi connectivity index (χ0v) is 14.8. The van der Waals surface area contributed by atoms with E-state index in [0.717, 1.165) is 42.2 Å². The predicted octanol–water partition coefficient (Wildman–Crippen LogP) is 2.46. The summed E-state index contributed by atoms with van der Waals surface area (Å²) in [7, 11) is 3.98. The van der Waals surface area contributed by atoms with Gasteiger partial charge < -0.3 is 5.32 Å². The first-order valence-electron chi connectivity index (χ1n) is 8.36. The molecule has 0 bridgehead atoms. The van der Waals surface area contributed by atoms with Gasteiger partial charge in [-0.2, -0.15) is 5.10 Å². The van der Waals surface area contributed by atoms with Gasteiger partial charge in [-0.25, -0.2) is 5.10 Å². The zero-order chi connectivity index (χ0) is 16.1. The maximum Gasteiger partial charge on any atom is 0.264 e. The van der Waals surface area contributed by atoms with Gasteiger partial charge in [-0.3, -0.25) is 9.59 Å². The summed E-state index contributed by atoms with van der Waals surface area (Å²) in [6.07, 6.45) is 7.69. The molecule has 7 heteroatoms. The average molecular weight is 354 g/mol. The second kappa shape index (κ2) is 8.24. The summed E-state index contributed by atoms with van der Waals surface area (Å²) in [5, 5.41) is 10.5. The molecule has 0 aromatic carbocycles. The second-order valence-electron chi connectivity index (χ2n) is 6.29. The van der Waals surface area contributed by atoms with Gasteiger partial charge in [0.1, 0.15) is 0 Å². The van der Waals surface area contributed by atoms with Crippen molar-refractivity contribution in [3.63, 3.8) is 0 Å². The number of rotatable bonds is 6. The van der Waals surface area contributed by atoms with Crippen molar-refractivity contribution in [2.24, 2.45) is 0 Å². The molecule has 2 heterocycles. The summed E-state index contributed by atoms with van der Waals surface area (Å²) < 4.78 is 0. The Labute approximate surface area is 144 Å². The number of nitrogens with one attached hydrogen (secondary N) is 2. The van der Waals surface area contributed by atoms with E-state index in [1.54, 1.807) is 6.07 Å². The standard InChI is InChI=1S/C16H23N3O2S2/c20-15(4-2-1-3-13-7-8-22-23-13)17-12-5-6-14-11(9-12)10-16(21)19-18-14/h10,12-13H,1-9H2,(H,17,20)(H,19,21)/t12-,13+/m1/s1. The number of hydrogen-bond donors (Lipinski definition) is 2. The number of amides is 1. The second-order valence-corrected chi connectivity index (χ2v) is 9.07. The summed E-state index contributed by atoms with van der Waals surface area (Å²) in [5.41, 5.74) is 1.77. The van der Waals surface area contributed by atoms with Crippen molar-refractivity contribution in [2.75, 3.05) is 5.75 Å². The Bertz CT molecular complexity index is 599. The lowest BCUT2D eigenvalue weighted by molar-refractivity contribution is -0.122. The van der Waals surface area contributed by atoms with Crippen LogP contribution in [0.15, 0.2) is 10.9 Å². The van der Waals surface area contributed by atoms with Crippen molar-refractivity contribution in [1.29, 1.82) is 0 Å². The molecule has 1 fully saturated rings. The number of nitrogens with zero attached hydrogens (tertiary/aromatic N) is 1. The Balaban J connectivity index is 1.37. The molecule has 126 valence electrons. The van der Waals surface area contributed by atoms with Crippen molar-refractivity contribution in [3.8, 4) is 0 Å². The summed E-state index contributed by atoms with van der Waals surface area (Å²) >= 11 is 0. The maximum atomic E-state index is 12.1. The third kappa shape index (κ3) is 5.01. The number of aromatic amines is 1. The van der Waals surface area contributed by atoms with Crippen LogP contribution in [0.4, 0.5) is 0 Å². The number of fused-ring (bicyclic) bond motifs is 1. The molecule has 1 aromatic rings. The molecule has 0 spiro atoms. The normalized spacial score (nSPS) is 23.5. The summed E-state index contributed by atoms with van der Waals surface area (Å²) in [6.45, 7) is 0. The van der Waals surface area contributed by atoms with Gasteiger partial charge in [0.15, 0.2) is 0 Å². The highest BCUT2D eigenvalue weighted by atomic mass is 33.1. The van der Waals surface area contributed by atoms with Crippen LogP contribution >= 0.6 is 21.6 Å². The number of carbonyl (C=O) groups is 1. The molecule has 0 saturated carbocycles. The largest absolute Gasteiger partial charge is 0.353 e. The molecule has 5 nitrogen and oxygen atoms in total. The molecule has 2 atom stereocenters. The molecule has 23 heavy (non-hydrogen) atoms. The minimum absolute atomic E-state index is 0.139. The number of hydrogen-bond acceptors (Lipinski definition) is 5. The number of aromatic nitrogens is 2. The smallest absolute Gasteiger partial charge is 0.264 e. The highest BCUT2D eigenvalue weighted by Crippen LogP contribution is 2.39. The molecule has 0 radical (unpaired) electrons. The number of unbranched alkanes of at least 4 members (excludes halogenated alkanes) is 1. The molecule has 0 unspecified atom stereocenters. The van der Waals surface area contributed by atoms with Crippen LogP contribution in [0.5, 0.6) is 0 Å². The van der Waals surface area contributed by atoms with Gasteiger partial charge in [0.2, 0.25) is 5.91 Å². The Morgan fingerprint density at radius 1 is 1.39 bits per heavy atom. The molecule has 1 amide bonds. The number of aryl methyl sites for hydroxylation is 1.